The Kier molecular flexibility index (Phi) is 6.39. The summed E-state index contributed by atoms with van der Waals surface area (Å²) in [5, 5.41) is 17.3. The molecule has 2 N–H and O–H groups in total. The van der Waals surface area contributed by atoms with Crippen molar-refractivity contribution in [2.45, 2.75) is 46.0 Å². The van der Waals surface area contributed by atoms with Gasteiger partial charge in [-0.3, -0.25) is 0 Å². The lowest BCUT2D eigenvalue weighted by molar-refractivity contribution is 0.196. The van der Waals surface area contributed by atoms with E-state index in [0.717, 1.165) is 32.1 Å². The lowest BCUT2D eigenvalue weighted by Gasteiger charge is -2.23. The highest BCUT2D eigenvalue weighted by Crippen LogP contribution is 2.26. The quantitative estimate of drug-likeness (QED) is 0.579. The Labute approximate surface area is 75.6 Å². The van der Waals surface area contributed by atoms with Gasteiger partial charge in [0.05, 0.1) is 0 Å². The maximum Gasteiger partial charge on any atom is 0.0436 e. The molecule has 0 aliphatic carbocycles. The van der Waals surface area contributed by atoms with Crippen LogP contribution < -0.4 is 0 Å². The number of hydrogen-bond donors (Lipinski definition) is 2. The van der Waals surface area contributed by atoms with E-state index in [4.69, 9.17) is 10.2 Å². The highest BCUT2D eigenvalue weighted by atomic mass is 16.3. The summed E-state index contributed by atoms with van der Waals surface area (Å²) in [6.07, 6.45) is 5.20. The molecule has 0 fully saturated rings. The fourth-order valence-corrected chi connectivity index (χ4v) is 1.32. The molecule has 0 atom stereocenters. The van der Waals surface area contributed by atoms with E-state index in [1.807, 2.05) is 0 Å². The Balaban J connectivity index is 3.33. The van der Waals surface area contributed by atoms with Crippen molar-refractivity contribution in [3.8, 4) is 0 Å². The summed E-state index contributed by atoms with van der Waals surface area (Å²) in [5.41, 5.74) is 0.268. The Bertz CT molecular complexity index is 100. The van der Waals surface area contributed by atoms with Crippen LogP contribution in [0.2, 0.25) is 0 Å². The minimum atomic E-state index is 0.268. The first kappa shape index (κ1) is 11.9. The third-order valence-electron chi connectivity index (χ3n) is 2.30. The van der Waals surface area contributed by atoms with Gasteiger partial charge in [-0.15, -0.1) is 0 Å². The van der Waals surface area contributed by atoms with Crippen LogP contribution in [0.5, 0.6) is 0 Å². The minimum absolute atomic E-state index is 0.268. The predicted molar refractivity (Wildman–Crippen MR) is 51.0 cm³/mol. The Morgan fingerprint density at radius 1 is 0.833 bits per heavy atom. The van der Waals surface area contributed by atoms with Crippen LogP contribution in [0, 0.1) is 5.41 Å². The summed E-state index contributed by atoms with van der Waals surface area (Å²) in [7, 11) is 0. The highest BCUT2D eigenvalue weighted by molar-refractivity contribution is 4.67. The van der Waals surface area contributed by atoms with Crippen LogP contribution in [0.25, 0.3) is 0 Å². The summed E-state index contributed by atoms with van der Waals surface area (Å²) < 4.78 is 0. The van der Waals surface area contributed by atoms with Crippen LogP contribution in [-0.4, -0.2) is 23.4 Å². The lowest BCUT2D eigenvalue weighted by Crippen LogP contribution is -2.13. The Hall–Kier alpha value is -0.0800. The van der Waals surface area contributed by atoms with Gasteiger partial charge in [0.25, 0.3) is 0 Å². The average Bonchev–Trinajstić information content (AvgIpc) is 1.98. The third-order valence-corrected chi connectivity index (χ3v) is 2.30. The van der Waals surface area contributed by atoms with Crippen molar-refractivity contribution in [3.05, 3.63) is 0 Å². The molecule has 0 amide bonds. The molecule has 0 saturated heterocycles. The van der Waals surface area contributed by atoms with Crippen molar-refractivity contribution in [1.82, 2.24) is 0 Å². The second kappa shape index (κ2) is 6.44. The van der Waals surface area contributed by atoms with Crippen LogP contribution in [0.15, 0.2) is 0 Å². The molecule has 0 saturated carbocycles. The molecule has 0 radical (unpaired) electrons. The van der Waals surface area contributed by atoms with Gasteiger partial charge >= 0.3 is 0 Å². The minimum Gasteiger partial charge on any atom is -0.396 e. The van der Waals surface area contributed by atoms with Gasteiger partial charge in [0.1, 0.15) is 0 Å². The van der Waals surface area contributed by atoms with Crippen molar-refractivity contribution < 1.29 is 10.2 Å². The Morgan fingerprint density at radius 3 is 2.00 bits per heavy atom. The first-order valence-electron chi connectivity index (χ1n) is 4.84. The maximum absolute atomic E-state index is 8.76. The summed E-state index contributed by atoms with van der Waals surface area (Å²) in [6, 6.07) is 0. The second-order valence-corrected chi connectivity index (χ2v) is 4.17. The molecule has 0 heterocycles. The van der Waals surface area contributed by atoms with E-state index in [0.29, 0.717) is 6.61 Å². The molecule has 0 unspecified atom stereocenters. The molecule has 0 aliphatic heterocycles. The largest absolute Gasteiger partial charge is 0.396 e. The van der Waals surface area contributed by atoms with E-state index in [1.165, 1.54) is 0 Å². The molecular formula is C10H22O2. The average molecular weight is 174 g/mol. The van der Waals surface area contributed by atoms with E-state index in [9.17, 15) is 0 Å². The van der Waals surface area contributed by atoms with Crippen molar-refractivity contribution in [3.63, 3.8) is 0 Å². The van der Waals surface area contributed by atoms with E-state index in [-0.39, 0.29) is 12.0 Å². The third kappa shape index (κ3) is 6.62. The summed E-state index contributed by atoms with van der Waals surface area (Å²) >= 11 is 0. The fraction of sp³-hybridized carbons (Fsp3) is 1.00. The van der Waals surface area contributed by atoms with Crippen LogP contribution in [0.3, 0.4) is 0 Å². The van der Waals surface area contributed by atoms with E-state index in [1.54, 1.807) is 0 Å². The molecule has 12 heavy (non-hydrogen) atoms. The number of aliphatic hydroxyl groups excluding tert-OH is 2. The highest BCUT2D eigenvalue weighted by Gasteiger charge is 2.15. The van der Waals surface area contributed by atoms with Crippen molar-refractivity contribution >= 4 is 0 Å². The topological polar surface area (TPSA) is 40.5 Å². The molecule has 0 bridgehead atoms. The maximum atomic E-state index is 8.76. The van der Waals surface area contributed by atoms with Gasteiger partial charge in [-0.25, -0.2) is 0 Å². The Morgan fingerprint density at radius 2 is 1.50 bits per heavy atom. The standard InChI is InChI=1S/C10H22O2/c1-10(2,7-9-12)6-4-3-5-8-11/h11-12H,3-9H2,1-2H3. The number of unbranched alkanes of at least 4 members (excludes halogenated alkanes) is 2. The zero-order valence-electron chi connectivity index (χ0n) is 8.34. The van der Waals surface area contributed by atoms with Crippen LogP contribution in [0.1, 0.15) is 46.0 Å². The van der Waals surface area contributed by atoms with Gasteiger partial charge < -0.3 is 10.2 Å². The molecule has 0 aliphatic rings. The van der Waals surface area contributed by atoms with Gasteiger partial charge in [0.15, 0.2) is 0 Å². The predicted octanol–water partition coefficient (Wildman–Crippen LogP) is 1.95. The van der Waals surface area contributed by atoms with Gasteiger partial charge in [-0.05, 0) is 24.7 Å². The molecule has 74 valence electrons. The van der Waals surface area contributed by atoms with Gasteiger partial charge in [0, 0.05) is 13.2 Å². The lowest BCUT2D eigenvalue weighted by atomic mass is 9.84. The van der Waals surface area contributed by atoms with E-state index in [2.05, 4.69) is 13.8 Å². The van der Waals surface area contributed by atoms with Gasteiger partial charge in [-0.2, -0.15) is 0 Å². The molecule has 0 aromatic heterocycles. The monoisotopic (exact) mass is 174 g/mol. The van der Waals surface area contributed by atoms with Crippen molar-refractivity contribution in [2.75, 3.05) is 13.2 Å². The van der Waals surface area contributed by atoms with Crippen LogP contribution in [-0.2, 0) is 0 Å². The zero-order valence-corrected chi connectivity index (χ0v) is 8.34. The second-order valence-electron chi connectivity index (χ2n) is 4.17. The molecular weight excluding hydrogens is 152 g/mol. The van der Waals surface area contributed by atoms with Gasteiger partial charge in [0.2, 0.25) is 0 Å². The molecule has 2 heteroatoms. The zero-order chi connectivity index (χ0) is 9.45. The van der Waals surface area contributed by atoms with Crippen LogP contribution >= 0.6 is 0 Å². The number of hydrogen-bond acceptors (Lipinski definition) is 2. The normalized spacial score (nSPS) is 12.0. The fourth-order valence-electron chi connectivity index (χ4n) is 1.32. The molecule has 0 spiro atoms. The smallest absolute Gasteiger partial charge is 0.0436 e. The van der Waals surface area contributed by atoms with E-state index < -0.39 is 0 Å². The van der Waals surface area contributed by atoms with Crippen LogP contribution in [0.4, 0.5) is 0 Å². The SMILES string of the molecule is CC(C)(CCO)CCCCCO. The van der Waals surface area contributed by atoms with Crippen molar-refractivity contribution in [1.29, 1.82) is 0 Å². The summed E-state index contributed by atoms with van der Waals surface area (Å²) in [4.78, 5) is 0. The molecule has 2 nitrogen and oxygen atoms in total. The summed E-state index contributed by atoms with van der Waals surface area (Å²) in [5.74, 6) is 0. The van der Waals surface area contributed by atoms with Crippen molar-refractivity contribution in [2.24, 2.45) is 5.41 Å². The molecule has 0 aromatic carbocycles. The first-order chi connectivity index (χ1) is 5.62. The molecule has 0 rings (SSSR count). The van der Waals surface area contributed by atoms with Gasteiger partial charge in [-0.1, -0.05) is 26.7 Å². The first-order valence-corrected chi connectivity index (χ1v) is 4.84. The summed E-state index contributed by atoms with van der Waals surface area (Å²) in [6.45, 7) is 4.96. The molecule has 0 aromatic rings. The number of aliphatic hydroxyl groups is 2. The van der Waals surface area contributed by atoms with E-state index >= 15 is 0 Å². The number of rotatable bonds is 7.